The van der Waals surface area contributed by atoms with E-state index < -0.39 is 0 Å². The molecule has 0 radical (unpaired) electrons. The van der Waals surface area contributed by atoms with Crippen LogP contribution in [0.2, 0.25) is 0 Å². The Bertz CT molecular complexity index is 697. The topological polar surface area (TPSA) is 37.3 Å². The summed E-state index contributed by atoms with van der Waals surface area (Å²) < 4.78 is 2.07. The molecule has 2 heterocycles. The lowest BCUT2D eigenvalue weighted by molar-refractivity contribution is -0.129. The Kier molecular flexibility index (Phi) is 3.80. The van der Waals surface area contributed by atoms with Crippen molar-refractivity contribution in [2.24, 2.45) is 0 Å². The lowest BCUT2D eigenvalue weighted by atomic mass is 10.00. The van der Waals surface area contributed by atoms with Crippen molar-refractivity contribution in [2.45, 2.75) is 13.0 Å². The van der Waals surface area contributed by atoms with E-state index in [2.05, 4.69) is 40.4 Å². The number of aromatic nitrogens is 1. The van der Waals surface area contributed by atoms with Crippen LogP contribution in [0.4, 0.5) is 0 Å². The summed E-state index contributed by atoms with van der Waals surface area (Å²) in [6.45, 7) is 2.33. The third kappa shape index (κ3) is 2.72. The highest BCUT2D eigenvalue weighted by atomic mass is 16.2. The Balaban J connectivity index is 2.05. The second-order valence-electron chi connectivity index (χ2n) is 5.66. The van der Waals surface area contributed by atoms with Crippen LogP contribution in [0.5, 0.6) is 0 Å². The zero-order valence-electron chi connectivity index (χ0n) is 12.6. The number of hydrogen-bond donors (Lipinski definition) is 1. The smallest absolute Gasteiger partial charge is 0.241 e. The summed E-state index contributed by atoms with van der Waals surface area (Å²) in [5, 5.41) is 4.58. The van der Waals surface area contributed by atoms with Crippen LogP contribution in [0.1, 0.15) is 12.0 Å². The van der Waals surface area contributed by atoms with Crippen LogP contribution in [0.3, 0.4) is 0 Å². The van der Waals surface area contributed by atoms with E-state index in [-0.39, 0.29) is 5.91 Å². The van der Waals surface area contributed by atoms with Gasteiger partial charge in [-0.3, -0.25) is 4.79 Å². The first-order chi connectivity index (χ1) is 10.2. The van der Waals surface area contributed by atoms with Gasteiger partial charge in [-0.2, -0.15) is 0 Å². The third-order valence-electron chi connectivity index (χ3n) is 4.00. The van der Waals surface area contributed by atoms with Crippen molar-refractivity contribution in [3.8, 4) is 0 Å². The maximum atomic E-state index is 12.0. The van der Waals surface area contributed by atoms with E-state index in [4.69, 9.17) is 0 Å². The summed E-state index contributed by atoms with van der Waals surface area (Å²) in [6.07, 6.45) is 5.42. The second kappa shape index (κ2) is 5.74. The largest absolute Gasteiger partial charge is 0.347 e. The first-order valence-electron chi connectivity index (χ1n) is 7.35. The highest BCUT2D eigenvalue weighted by molar-refractivity contribution is 5.94. The molecule has 110 valence electrons. The predicted octanol–water partition coefficient (Wildman–Crippen LogP) is 2.11. The minimum atomic E-state index is 0.113. The number of benzene rings is 1. The summed E-state index contributed by atoms with van der Waals surface area (Å²) in [5.74, 6) is 0.113. The van der Waals surface area contributed by atoms with Crippen LogP contribution in [-0.2, 0) is 11.3 Å². The number of rotatable bonds is 3. The maximum absolute atomic E-state index is 12.0. The zero-order valence-corrected chi connectivity index (χ0v) is 12.6. The zero-order chi connectivity index (χ0) is 14.8. The van der Waals surface area contributed by atoms with Crippen molar-refractivity contribution < 1.29 is 4.79 Å². The van der Waals surface area contributed by atoms with Crippen LogP contribution in [0.15, 0.2) is 36.5 Å². The average Bonchev–Trinajstić information content (AvgIpc) is 2.87. The SMILES string of the molecule is CN(C)C(=O)Cn1cc(C2=CCNCC2)c2ccccc21. The molecule has 0 aliphatic carbocycles. The molecule has 0 saturated carbocycles. The third-order valence-corrected chi connectivity index (χ3v) is 4.00. The van der Waals surface area contributed by atoms with Crippen molar-refractivity contribution in [3.05, 3.63) is 42.1 Å². The van der Waals surface area contributed by atoms with Gasteiger partial charge in [-0.25, -0.2) is 0 Å². The minimum Gasteiger partial charge on any atom is -0.347 e. The molecule has 0 bridgehead atoms. The lowest BCUT2D eigenvalue weighted by Crippen LogP contribution is -2.25. The molecule has 0 spiro atoms. The molecule has 1 aromatic carbocycles. The number of nitrogens with one attached hydrogen (secondary N) is 1. The second-order valence-corrected chi connectivity index (χ2v) is 5.66. The van der Waals surface area contributed by atoms with Gasteiger partial charge in [0.15, 0.2) is 0 Å². The molecule has 4 heteroatoms. The Morgan fingerprint density at radius 1 is 1.33 bits per heavy atom. The number of amides is 1. The van der Waals surface area contributed by atoms with E-state index >= 15 is 0 Å². The normalized spacial score (nSPS) is 15.0. The number of likely N-dealkylation sites (N-methyl/N-ethyl adjacent to an activating group) is 1. The lowest BCUT2D eigenvalue weighted by Gasteiger charge is -2.13. The quantitative estimate of drug-likeness (QED) is 0.936. The van der Waals surface area contributed by atoms with E-state index in [0.29, 0.717) is 6.54 Å². The average molecular weight is 283 g/mol. The fourth-order valence-electron chi connectivity index (χ4n) is 2.79. The van der Waals surface area contributed by atoms with Gasteiger partial charge in [0.2, 0.25) is 5.91 Å². The summed E-state index contributed by atoms with van der Waals surface area (Å²) in [6, 6.07) is 8.32. The van der Waals surface area contributed by atoms with Gasteiger partial charge in [0.25, 0.3) is 0 Å². The van der Waals surface area contributed by atoms with Crippen LogP contribution in [0.25, 0.3) is 16.5 Å². The predicted molar refractivity (Wildman–Crippen MR) is 86.1 cm³/mol. The van der Waals surface area contributed by atoms with Crippen molar-refractivity contribution >= 4 is 22.4 Å². The van der Waals surface area contributed by atoms with Crippen molar-refractivity contribution in [1.82, 2.24) is 14.8 Å². The molecule has 1 N–H and O–H groups in total. The molecule has 0 saturated heterocycles. The number of carbonyl (C=O) groups excluding carboxylic acids is 1. The van der Waals surface area contributed by atoms with Crippen molar-refractivity contribution in [2.75, 3.05) is 27.2 Å². The molecule has 1 aliphatic heterocycles. The van der Waals surface area contributed by atoms with Gasteiger partial charge < -0.3 is 14.8 Å². The Morgan fingerprint density at radius 3 is 2.86 bits per heavy atom. The Morgan fingerprint density at radius 2 is 2.14 bits per heavy atom. The monoisotopic (exact) mass is 283 g/mol. The van der Waals surface area contributed by atoms with Gasteiger partial charge in [-0.05, 0) is 24.6 Å². The molecule has 1 aliphatic rings. The highest BCUT2D eigenvalue weighted by Crippen LogP contribution is 2.29. The Labute approximate surface area is 125 Å². The van der Waals surface area contributed by atoms with Crippen molar-refractivity contribution in [3.63, 3.8) is 0 Å². The van der Waals surface area contributed by atoms with Gasteiger partial charge in [-0.15, -0.1) is 0 Å². The standard InChI is InChI=1S/C17H21N3O/c1-19(2)17(21)12-20-11-15(13-7-9-18-10-8-13)14-5-3-4-6-16(14)20/h3-7,11,18H,8-10,12H2,1-2H3. The van der Waals surface area contributed by atoms with Crippen LogP contribution >= 0.6 is 0 Å². The molecule has 4 nitrogen and oxygen atoms in total. The van der Waals surface area contributed by atoms with E-state index in [1.165, 1.54) is 16.5 Å². The van der Waals surface area contributed by atoms with Gasteiger partial charge in [0, 0.05) is 43.3 Å². The summed E-state index contributed by atoms with van der Waals surface area (Å²) in [4.78, 5) is 13.7. The molecular formula is C17H21N3O. The van der Waals surface area contributed by atoms with Crippen LogP contribution in [0, 0.1) is 0 Å². The van der Waals surface area contributed by atoms with Crippen LogP contribution < -0.4 is 5.32 Å². The van der Waals surface area contributed by atoms with Gasteiger partial charge >= 0.3 is 0 Å². The molecule has 3 rings (SSSR count). The fraction of sp³-hybridized carbons (Fsp3) is 0.353. The number of nitrogens with zero attached hydrogens (tertiary/aromatic N) is 2. The molecule has 21 heavy (non-hydrogen) atoms. The number of fused-ring (bicyclic) bond motifs is 1. The van der Waals surface area contributed by atoms with Crippen LogP contribution in [-0.4, -0.2) is 42.6 Å². The first-order valence-corrected chi connectivity index (χ1v) is 7.35. The van der Waals surface area contributed by atoms with Gasteiger partial charge in [-0.1, -0.05) is 24.3 Å². The summed E-state index contributed by atoms with van der Waals surface area (Å²) in [7, 11) is 3.59. The molecule has 2 aromatic rings. The molecule has 0 unspecified atom stereocenters. The molecule has 0 atom stereocenters. The molecular weight excluding hydrogens is 262 g/mol. The minimum absolute atomic E-state index is 0.113. The van der Waals surface area contributed by atoms with Gasteiger partial charge in [0.05, 0.1) is 0 Å². The van der Waals surface area contributed by atoms with E-state index in [1.807, 2.05) is 6.07 Å². The fourth-order valence-corrected chi connectivity index (χ4v) is 2.79. The highest BCUT2D eigenvalue weighted by Gasteiger charge is 2.15. The summed E-state index contributed by atoms with van der Waals surface area (Å²) in [5.41, 5.74) is 3.77. The number of para-hydroxylation sites is 1. The first kappa shape index (κ1) is 13.9. The molecule has 0 fully saturated rings. The van der Waals surface area contributed by atoms with Gasteiger partial charge in [0.1, 0.15) is 6.54 Å². The van der Waals surface area contributed by atoms with E-state index in [9.17, 15) is 4.79 Å². The van der Waals surface area contributed by atoms with E-state index in [1.54, 1.807) is 19.0 Å². The number of hydrogen-bond acceptors (Lipinski definition) is 2. The molecule has 1 amide bonds. The maximum Gasteiger partial charge on any atom is 0.241 e. The number of carbonyl (C=O) groups is 1. The molecule has 1 aromatic heterocycles. The van der Waals surface area contributed by atoms with E-state index in [0.717, 1.165) is 25.0 Å². The van der Waals surface area contributed by atoms with Crippen molar-refractivity contribution in [1.29, 1.82) is 0 Å². The Hall–Kier alpha value is -2.07. The summed E-state index contributed by atoms with van der Waals surface area (Å²) >= 11 is 0.